The van der Waals surface area contributed by atoms with E-state index in [9.17, 15) is 9.59 Å². The summed E-state index contributed by atoms with van der Waals surface area (Å²) in [5.41, 5.74) is 0.918. The lowest BCUT2D eigenvalue weighted by Crippen LogP contribution is -2.26. The molecule has 0 aliphatic rings. The van der Waals surface area contributed by atoms with Gasteiger partial charge in [-0.2, -0.15) is 0 Å². The summed E-state index contributed by atoms with van der Waals surface area (Å²) in [7, 11) is 0. The lowest BCUT2D eigenvalue weighted by Gasteiger charge is -2.10. The van der Waals surface area contributed by atoms with Gasteiger partial charge in [0.15, 0.2) is 0 Å². The molecule has 0 aliphatic heterocycles. The highest BCUT2D eigenvalue weighted by Crippen LogP contribution is 2.24. The van der Waals surface area contributed by atoms with Gasteiger partial charge in [0, 0.05) is 0 Å². The molecule has 2 aromatic rings. The summed E-state index contributed by atoms with van der Waals surface area (Å²) in [6, 6.07) is 1.22. The fraction of sp³-hybridized carbons (Fsp3) is 0.308. The molecule has 0 saturated heterocycles. The van der Waals surface area contributed by atoms with Crippen LogP contribution in [0.25, 0.3) is 0 Å². The number of carboxylic acid groups (broad SMARTS) is 1. The first-order valence-corrected chi connectivity index (χ1v) is 6.77. The molecular weight excluding hydrogens is 280 g/mol. The van der Waals surface area contributed by atoms with Crippen LogP contribution in [-0.4, -0.2) is 22.0 Å². The number of rotatable bonds is 4. The number of nitrogens with zero attached hydrogens (tertiary/aromatic N) is 1. The van der Waals surface area contributed by atoms with E-state index in [2.05, 4.69) is 10.3 Å². The van der Waals surface area contributed by atoms with E-state index >= 15 is 0 Å². The zero-order valence-electron chi connectivity index (χ0n) is 11.3. The highest BCUT2D eigenvalue weighted by Gasteiger charge is 2.20. The second-order valence-electron chi connectivity index (χ2n) is 4.36. The normalized spacial score (nSPS) is 12.2. The first-order valence-electron chi connectivity index (χ1n) is 5.95. The Morgan fingerprint density at radius 1 is 1.45 bits per heavy atom. The van der Waals surface area contributed by atoms with Crippen LogP contribution < -0.4 is 5.32 Å². The van der Waals surface area contributed by atoms with E-state index in [4.69, 9.17) is 9.52 Å². The maximum absolute atomic E-state index is 12.0. The highest BCUT2D eigenvalue weighted by molar-refractivity contribution is 7.13. The summed E-state index contributed by atoms with van der Waals surface area (Å²) in [5.74, 6) is -0.736. The number of aromatic nitrogens is 1. The molecule has 0 unspecified atom stereocenters. The van der Waals surface area contributed by atoms with Crippen LogP contribution in [0.3, 0.4) is 0 Å². The smallest absolute Gasteiger partial charge is 0.347 e. The zero-order valence-corrected chi connectivity index (χ0v) is 12.1. The van der Waals surface area contributed by atoms with Crippen LogP contribution in [0.5, 0.6) is 0 Å². The third-order valence-electron chi connectivity index (χ3n) is 2.83. The monoisotopic (exact) mass is 294 g/mol. The van der Waals surface area contributed by atoms with Crippen molar-refractivity contribution in [1.29, 1.82) is 0 Å². The van der Waals surface area contributed by atoms with E-state index in [1.54, 1.807) is 26.8 Å². The maximum atomic E-state index is 12.0. The van der Waals surface area contributed by atoms with Crippen LogP contribution in [0, 0.1) is 13.8 Å². The number of thiazole rings is 1. The minimum atomic E-state index is -1.00. The van der Waals surface area contributed by atoms with Crippen LogP contribution in [0.15, 0.2) is 16.7 Å². The van der Waals surface area contributed by atoms with Crippen LogP contribution in [0.4, 0.5) is 0 Å². The Labute approximate surface area is 119 Å². The molecule has 0 saturated carbocycles. The fourth-order valence-electron chi connectivity index (χ4n) is 1.76. The molecule has 0 aliphatic carbocycles. The number of amides is 1. The lowest BCUT2D eigenvalue weighted by molar-refractivity contribution is 0.0701. The SMILES string of the molecule is Cc1nc([C@H](C)NC(=O)c2ccoc2C)sc1C(=O)O. The van der Waals surface area contributed by atoms with Gasteiger partial charge >= 0.3 is 5.97 Å². The van der Waals surface area contributed by atoms with E-state index in [1.807, 2.05) is 0 Å². The molecule has 0 spiro atoms. The van der Waals surface area contributed by atoms with Crippen molar-refractivity contribution in [2.24, 2.45) is 0 Å². The van der Waals surface area contributed by atoms with Crippen LogP contribution >= 0.6 is 11.3 Å². The van der Waals surface area contributed by atoms with Gasteiger partial charge in [0.05, 0.1) is 23.6 Å². The van der Waals surface area contributed by atoms with Crippen molar-refractivity contribution in [3.05, 3.63) is 39.2 Å². The molecule has 2 aromatic heterocycles. The van der Waals surface area contributed by atoms with E-state index in [-0.39, 0.29) is 16.8 Å². The molecule has 0 radical (unpaired) electrons. The highest BCUT2D eigenvalue weighted by atomic mass is 32.1. The van der Waals surface area contributed by atoms with Crippen molar-refractivity contribution in [2.75, 3.05) is 0 Å². The molecule has 6 nitrogen and oxygen atoms in total. The van der Waals surface area contributed by atoms with Gasteiger partial charge in [-0.15, -0.1) is 11.3 Å². The van der Waals surface area contributed by atoms with Crippen LogP contribution in [-0.2, 0) is 0 Å². The molecule has 1 atom stereocenters. The van der Waals surface area contributed by atoms with Crippen molar-refractivity contribution in [3.63, 3.8) is 0 Å². The average Bonchev–Trinajstić information content (AvgIpc) is 2.95. The molecule has 0 fully saturated rings. The molecule has 7 heteroatoms. The summed E-state index contributed by atoms with van der Waals surface area (Å²) in [6.45, 7) is 5.10. The van der Waals surface area contributed by atoms with Crippen LogP contribution in [0.1, 0.15) is 49.5 Å². The third kappa shape index (κ3) is 2.72. The number of hydrogen-bond acceptors (Lipinski definition) is 5. The standard InChI is InChI=1S/C13H14N2O4S/c1-6-10(13(17)18)20-12(15-6)7(2)14-11(16)9-4-5-19-8(9)3/h4-5,7H,1-3H3,(H,14,16)(H,17,18)/t7-/m0/s1. The van der Waals surface area contributed by atoms with E-state index in [1.165, 1.54) is 6.26 Å². The number of carbonyl (C=O) groups is 2. The van der Waals surface area contributed by atoms with Gasteiger partial charge in [-0.25, -0.2) is 9.78 Å². The zero-order chi connectivity index (χ0) is 14.9. The number of carbonyl (C=O) groups excluding carboxylic acids is 1. The summed E-state index contributed by atoms with van der Waals surface area (Å²) >= 11 is 1.07. The summed E-state index contributed by atoms with van der Waals surface area (Å²) in [6.07, 6.45) is 1.45. The van der Waals surface area contributed by atoms with Gasteiger partial charge in [0.25, 0.3) is 5.91 Å². The molecule has 0 bridgehead atoms. The maximum Gasteiger partial charge on any atom is 0.347 e. The largest absolute Gasteiger partial charge is 0.477 e. The molecule has 0 aromatic carbocycles. The van der Waals surface area contributed by atoms with Crippen molar-refractivity contribution < 1.29 is 19.1 Å². The number of furan rings is 1. The Morgan fingerprint density at radius 3 is 2.65 bits per heavy atom. The summed E-state index contributed by atoms with van der Waals surface area (Å²) < 4.78 is 5.08. The third-order valence-corrected chi connectivity index (χ3v) is 4.16. The minimum absolute atomic E-state index is 0.195. The molecular formula is C13H14N2O4S. The number of aryl methyl sites for hydroxylation is 2. The number of carboxylic acids is 1. The second kappa shape index (κ2) is 5.46. The number of aromatic carboxylic acids is 1. The Bertz CT molecular complexity index is 659. The minimum Gasteiger partial charge on any atom is -0.477 e. The van der Waals surface area contributed by atoms with Crippen molar-refractivity contribution in [1.82, 2.24) is 10.3 Å². The summed E-state index contributed by atoms with van der Waals surface area (Å²) in [5, 5.41) is 12.3. The molecule has 20 heavy (non-hydrogen) atoms. The molecule has 2 rings (SSSR count). The average molecular weight is 294 g/mol. The first-order chi connectivity index (χ1) is 9.40. The van der Waals surface area contributed by atoms with Crippen molar-refractivity contribution in [2.45, 2.75) is 26.8 Å². The van der Waals surface area contributed by atoms with E-state index in [0.29, 0.717) is 22.0 Å². The Hall–Kier alpha value is -2.15. The van der Waals surface area contributed by atoms with E-state index in [0.717, 1.165) is 11.3 Å². The Morgan fingerprint density at radius 2 is 2.15 bits per heavy atom. The lowest BCUT2D eigenvalue weighted by atomic mass is 10.2. The van der Waals surface area contributed by atoms with Crippen LogP contribution in [0.2, 0.25) is 0 Å². The molecule has 2 N–H and O–H groups in total. The van der Waals surface area contributed by atoms with Gasteiger partial charge in [0.1, 0.15) is 15.6 Å². The van der Waals surface area contributed by atoms with Gasteiger partial charge in [0.2, 0.25) is 0 Å². The summed E-state index contributed by atoms with van der Waals surface area (Å²) in [4.78, 5) is 27.4. The van der Waals surface area contributed by atoms with E-state index < -0.39 is 5.97 Å². The quantitative estimate of drug-likeness (QED) is 0.904. The predicted octanol–water partition coefficient (Wildman–Crippen LogP) is 2.54. The topological polar surface area (TPSA) is 92.4 Å². The number of hydrogen-bond donors (Lipinski definition) is 2. The fourth-order valence-corrected chi connectivity index (χ4v) is 2.67. The second-order valence-corrected chi connectivity index (χ2v) is 5.39. The van der Waals surface area contributed by atoms with Crippen molar-refractivity contribution in [3.8, 4) is 0 Å². The first kappa shape index (κ1) is 14.3. The van der Waals surface area contributed by atoms with Gasteiger partial charge in [-0.1, -0.05) is 0 Å². The number of nitrogens with one attached hydrogen (secondary N) is 1. The Balaban J connectivity index is 2.14. The van der Waals surface area contributed by atoms with Gasteiger partial charge in [-0.05, 0) is 26.8 Å². The van der Waals surface area contributed by atoms with Gasteiger partial charge < -0.3 is 14.8 Å². The molecule has 106 valence electrons. The predicted molar refractivity (Wildman–Crippen MR) is 73.1 cm³/mol. The Kier molecular flexibility index (Phi) is 3.89. The van der Waals surface area contributed by atoms with Gasteiger partial charge in [-0.3, -0.25) is 4.79 Å². The molecule has 2 heterocycles. The van der Waals surface area contributed by atoms with Crippen molar-refractivity contribution >= 4 is 23.2 Å². The molecule has 1 amide bonds.